The van der Waals surface area contributed by atoms with Gasteiger partial charge in [0.25, 0.3) is 0 Å². The first-order chi connectivity index (χ1) is 10.4. The van der Waals surface area contributed by atoms with Gasteiger partial charge in [0.1, 0.15) is 0 Å². The highest BCUT2D eigenvalue weighted by molar-refractivity contribution is 5.94. The highest BCUT2D eigenvalue weighted by atomic mass is 14.7. The van der Waals surface area contributed by atoms with Crippen LogP contribution in [0.3, 0.4) is 0 Å². The molecule has 0 N–H and O–H groups in total. The average Bonchev–Trinajstić information content (AvgIpc) is 3.09. The molecule has 21 heavy (non-hydrogen) atoms. The third-order valence-corrected chi connectivity index (χ3v) is 4.66. The van der Waals surface area contributed by atoms with Crippen molar-refractivity contribution in [1.29, 1.82) is 0 Å². The lowest BCUT2D eigenvalue weighted by molar-refractivity contribution is 0.724. The van der Waals surface area contributed by atoms with Gasteiger partial charge in [0.15, 0.2) is 0 Å². The molecule has 104 valence electrons. The van der Waals surface area contributed by atoms with Crippen LogP contribution in [0.25, 0.3) is 22.0 Å². The zero-order chi connectivity index (χ0) is 14.1. The Kier molecular flexibility index (Phi) is 3.19. The molecule has 1 aliphatic carbocycles. The van der Waals surface area contributed by atoms with Gasteiger partial charge in [-0.2, -0.15) is 0 Å². The Morgan fingerprint density at radius 2 is 1.67 bits per heavy atom. The van der Waals surface area contributed by atoms with Gasteiger partial charge in [-0.15, -0.1) is 0 Å². The fraction of sp³-hybridized carbons (Fsp3) is 0.250. The van der Waals surface area contributed by atoms with Crippen molar-refractivity contribution in [3.63, 3.8) is 0 Å². The number of pyridine rings is 1. The molecule has 0 amide bonds. The number of hydrogen-bond donors (Lipinski definition) is 0. The van der Waals surface area contributed by atoms with E-state index < -0.39 is 0 Å². The van der Waals surface area contributed by atoms with E-state index in [1.165, 1.54) is 47.6 Å². The maximum atomic E-state index is 4.60. The number of hydrogen-bond acceptors (Lipinski definition) is 1. The third kappa shape index (κ3) is 2.33. The molecular weight excluding hydrogens is 254 g/mol. The Balaban J connectivity index is 1.83. The Hall–Kier alpha value is -2.15. The summed E-state index contributed by atoms with van der Waals surface area (Å²) in [5, 5.41) is 2.57. The van der Waals surface area contributed by atoms with E-state index in [1.807, 2.05) is 12.3 Å². The molecule has 0 bridgehead atoms. The number of benzene rings is 2. The van der Waals surface area contributed by atoms with Gasteiger partial charge in [-0.05, 0) is 35.8 Å². The van der Waals surface area contributed by atoms with E-state index in [1.54, 1.807) is 0 Å². The SMILES string of the molecule is c1ccc(-c2nccc3cc(C4CCCC4)ccc23)cc1. The van der Waals surface area contributed by atoms with Crippen LogP contribution in [0.4, 0.5) is 0 Å². The molecule has 2 aromatic carbocycles. The maximum absolute atomic E-state index is 4.60. The molecule has 4 rings (SSSR count). The molecule has 0 radical (unpaired) electrons. The highest BCUT2D eigenvalue weighted by Crippen LogP contribution is 2.36. The monoisotopic (exact) mass is 273 g/mol. The minimum absolute atomic E-state index is 0.766. The summed E-state index contributed by atoms with van der Waals surface area (Å²) in [5.74, 6) is 0.766. The van der Waals surface area contributed by atoms with Crippen LogP contribution >= 0.6 is 0 Å². The molecule has 1 fully saturated rings. The molecular formula is C20H19N. The topological polar surface area (TPSA) is 12.9 Å². The van der Waals surface area contributed by atoms with Gasteiger partial charge in [0, 0.05) is 17.1 Å². The summed E-state index contributed by atoms with van der Waals surface area (Å²) in [5.41, 5.74) is 3.79. The van der Waals surface area contributed by atoms with Crippen molar-refractivity contribution in [3.8, 4) is 11.3 Å². The van der Waals surface area contributed by atoms with Gasteiger partial charge in [-0.1, -0.05) is 61.4 Å². The maximum Gasteiger partial charge on any atom is 0.0780 e. The van der Waals surface area contributed by atoms with Crippen molar-refractivity contribution < 1.29 is 0 Å². The predicted molar refractivity (Wildman–Crippen MR) is 88.4 cm³/mol. The summed E-state index contributed by atoms with van der Waals surface area (Å²) in [6.07, 6.45) is 7.40. The van der Waals surface area contributed by atoms with Crippen molar-refractivity contribution in [2.75, 3.05) is 0 Å². The summed E-state index contributed by atoms with van der Waals surface area (Å²) >= 11 is 0. The first-order valence-electron chi connectivity index (χ1n) is 7.86. The Bertz CT molecular complexity index is 755. The first-order valence-corrected chi connectivity index (χ1v) is 7.86. The number of rotatable bonds is 2. The second-order valence-electron chi connectivity index (χ2n) is 5.99. The van der Waals surface area contributed by atoms with Gasteiger partial charge in [-0.3, -0.25) is 4.98 Å². The zero-order valence-electron chi connectivity index (χ0n) is 12.1. The lowest BCUT2D eigenvalue weighted by atomic mass is 9.94. The third-order valence-electron chi connectivity index (χ3n) is 4.66. The van der Waals surface area contributed by atoms with Crippen molar-refractivity contribution in [1.82, 2.24) is 4.98 Å². The van der Waals surface area contributed by atoms with E-state index in [0.29, 0.717) is 0 Å². The quantitative estimate of drug-likeness (QED) is 0.595. The average molecular weight is 273 g/mol. The van der Waals surface area contributed by atoms with Crippen LogP contribution in [0.5, 0.6) is 0 Å². The fourth-order valence-electron chi connectivity index (χ4n) is 3.54. The molecule has 1 nitrogen and oxygen atoms in total. The number of fused-ring (bicyclic) bond motifs is 1. The van der Waals surface area contributed by atoms with E-state index in [-0.39, 0.29) is 0 Å². The molecule has 0 unspecified atom stereocenters. The van der Waals surface area contributed by atoms with E-state index in [9.17, 15) is 0 Å². The largest absolute Gasteiger partial charge is 0.256 e. The summed E-state index contributed by atoms with van der Waals surface area (Å²) < 4.78 is 0. The predicted octanol–water partition coefficient (Wildman–Crippen LogP) is 5.56. The van der Waals surface area contributed by atoms with Crippen LogP contribution in [0.2, 0.25) is 0 Å². The Labute approximate surface area is 125 Å². The minimum atomic E-state index is 0.766. The van der Waals surface area contributed by atoms with Crippen LogP contribution in [0.1, 0.15) is 37.2 Å². The summed E-state index contributed by atoms with van der Waals surface area (Å²) in [6, 6.07) is 19.5. The van der Waals surface area contributed by atoms with Crippen LogP contribution in [0, 0.1) is 0 Å². The van der Waals surface area contributed by atoms with Gasteiger partial charge >= 0.3 is 0 Å². The summed E-state index contributed by atoms with van der Waals surface area (Å²) in [6.45, 7) is 0. The van der Waals surface area contributed by atoms with Gasteiger partial charge < -0.3 is 0 Å². The van der Waals surface area contributed by atoms with Crippen LogP contribution < -0.4 is 0 Å². The highest BCUT2D eigenvalue weighted by Gasteiger charge is 2.17. The van der Waals surface area contributed by atoms with Crippen LogP contribution in [-0.2, 0) is 0 Å². The summed E-state index contributed by atoms with van der Waals surface area (Å²) in [4.78, 5) is 4.60. The van der Waals surface area contributed by atoms with E-state index in [2.05, 4.69) is 53.5 Å². The molecule has 3 aromatic rings. The molecule has 0 spiro atoms. The normalized spacial score (nSPS) is 15.6. The molecule has 0 saturated heterocycles. The van der Waals surface area contributed by atoms with Crippen molar-refractivity contribution in [3.05, 3.63) is 66.4 Å². The molecule has 1 heteroatoms. The molecule has 1 saturated carbocycles. The van der Waals surface area contributed by atoms with Crippen molar-refractivity contribution in [2.24, 2.45) is 0 Å². The second-order valence-corrected chi connectivity index (χ2v) is 5.99. The van der Waals surface area contributed by atoms with Crippen LogP contribution in [-0.4, -0.2) is 4.98 Å². The van der Waals surface area contributed by atoms with Crippen LogP contribution in [0.15, 0.2) is 60.8 Å². The van der Waals surface area contributed by atoms with Crippen molar-refractivity contribution in [2.45, 2.75) is 31.6 Å². The van der Waals surface area contributed by atoms with E-state index in [0.717, 1.165) is 11.6 Å². The zero-order valence-corrected chi connectivity index (χ0v) is 12.1. The standard InChI is InChI=1S/C20H19N/c1-2-8-16(9-3-1)20-19-11-10-17(15-6-4-5-7-15)14-18(19)12-13-21-20/h1-3,8-15H,4-7H2. The Morgan fingerprint density at radius 1 is 0.857 bits per heavy atom. The number of aromatic nitrogens is 1. The summed E-state index contributed by atoms with van der Waals surface area (Å²) in [7, 11) is 0. The van der Waals surface area contributed by atoms with Gasteiger partial charge in [0.2, 0.25) is 0 Å². The second kappa shape index (κ2) is 5.33. The molecule has 0 aliphatic heterocycles. The Morgan fingerprint density at radius 3 is 2.48 bits per heavy atom. The molecule has 1 heterocycles. The van der Waals surface area contributed by atoms with Crippen molar-refractivity contribution >= 4 is 10.8 Å². The lowest BCUT2D eigenvalue weighted by Gasteiger charge is -2.12. The van der Waals surface area contributed by atoms with Gasteiger partial charge in [-0.25, -0.2) is 0 Å². The van der Waals surface area contributed by atoms with Gasteiger partial charge in [0.05, 0.1) is 5.69 Å². The minimum Gasteiger partial charge on any atom is -0.256 e. The number of nitrogens with zero attached hydrogens (tertiary/aromatic N) is 1. The van der Waals surface area contributed by atoms with E-state index >= 15 is 0 Å². The first kappa shape index (κ1) is 12.6. The fourth-order valence-corrected chi connectivity index (χ4v) is 3.54. The smallest absolute Gasteiger partial charge is 0.0780 e. The van der Waals surface area contributed by atoms with E-state index in [4.69, 9.17) is 0 Å². The molecule has 0 atom stereocenters. The lowest BCUT2D eigenvalue weighted by Crippen LogP contribution is -1.93. The molecule has 1 aromatic heterocycles. The molecule has 1 aliphatic rings.